The Hall–Kier alpha value is -3.41. The molecule has 2 amide bonds. The van der Waals surface area contributed by atoms with Crippen molar-refractivity contribution in [2.24, 2.45) is 0 Å². The van der Waals surface area contributed by atoms with Crippen LogP contribution < -0.4 is 10.1 Å². The van der Waals surface area contributed by atoms with Crippen molar-refractivity contribution in [1.82, 2.24) is 20.2 Å². The van der Waals surface area contributed by atoms with Crippen LogP contribution in [0.5, 0.6) is 5.88 Å². The van der Waals surface area contributed by atoms with Gasteiger partial charge < -0.3 is 19.5 Å². The number of methoxy groups -OCH3 is 1. The van der Waals surface area contributed by atoms with Gasteiger partial charge in [0, 0.05) is 31.5 Å². The minimum atomic E-state index is -4.55. The van der Waals surface area contributed by atoms with Crippen LogP contribution >= 0.6 is 0 Å². The number of nitrogens with zero attached hydrogens (tertiary/aromatic N) is 3. The number of hydrogen-bond acceptors (Lipinski definition) is 7. The first kappa shape index (κ1) is 31.8. The van der Waals surface area contributed by atoms with Gasteiger partial charge in [0.25, 0.3) is 0 Å². The zero-order chi connectivity index (χ0) is 29.2. The highest BCUT2D eigenvalue weighted by Gasteiger charge is 2.36. The van der Waals surface area contributed by atoms with Gasteiger partial charge in [-0.25, -0.2) is 9.78 Å². The van der Waals surface area contributed by atoms with Crippen molar-refractivity contribution in [1.29, 1.82) is 0 Å². The largest absolute Gasteiger partial charge is 0.475 e. The first-order chi connectivity index (χ1) is 18.4. The minimum absolute atomic E-state index is 0.0139. The number of halogens is 3. The SMILES string of the molecule is CC.COCCOc1cc(-c2ccc(C(F)(F)F)nc2)cc(CNC(=O)[C@@H]2CCCN2C(=O)OC(C)(C)C)n1. The number of aromatic nitrogens is 2. The second kappa shape index (κ2) is 14.1. The third-order valence-corrected chi connectivity index (χ3v) is 5.41. The van der Waals surface area contributed by atoms with E-state index in [1.807, 2.05) is 13.8 Å². The van der Waals surface area contributed by atoms with E-state index in [1.54, 1.807) is 32.9 Å². The Kier molecular flexibility index (Phi) is 11.5. The number of hydrogen-bond donors (Lipinski definition) is 1. The fourth-order valence-electron chi connectivity index (χ4n) is 3.73. The standard InChI is InChI=1S/C25H31F3N4O5.C2H6/c1-24(2,3)37-23(34)32-9-5-6-19(32)22(33)30-15-18-12-17(13-21(31-18)36-11-10-35-4)16-7-8-20(29-14-16)25(26,27)28;1-2/h7-8,12-14,19H,5-6,9-11,15H2,1-4H3,(H,30,33);1-2H3/t19-;/m0./s1. The molecule has 0 radical (unpaired) electrons. The number of alkyl halides is 3. The van der Waals surface area contributed by atoms with Crippen molar-refractivity contribution in [2.45, 2.75) is 71.8 Å². The zero-order valence-corrected chi connectivity index (χ0v) is 23.2. The van der Waals surface area contributed by atoms with Gasteiger partial charge in [0.05, 0.1) is 18.8 Å². The summed E-state index contributed by atoms with van der Waals surface area (Å²) in [4.78, 5) is 34.8. The van der Waals surface area contributed by atoms with E-state index in [0.29, 0.717) is 42.8 Å². The molecule has 1 aliphatic heterocycles. The number of carbonyl (C=O) groups is 2. The van der Waals surface area contributed by atoms with Crippen LogP contribution in [0.15, 0.2) is 30.5 Å². The molecule has 2 aromatic heterocycles. The van der Waals surface area contributed by atoms with Gasteiger partial charge >= 0.3 is 12.3 Å². The molecule has 1 fully saturated rings. The van der Waals surface area contributed by atoms with Gasteiger partial charge in [0.1, 0.15) is 23.9 Å². The molecule has 2 aromatic rings. The average Bonchev–Trinajstić information content (AvgIpc) is 3.38. The molecule has 1 N–H and O–H groups in total. The van der Waals surface area contributed by atoms with E-state index < -0.39 is 29.6 Å². The van der Waals surface area contributed by atoms with Crippen LogP contribution in [0.4, 0.5) is 18.0 Å². The molecule has 1 atom stereocenters. The van der Waals surface area contributed by atoms with E-state index in [-0.39, 0.29) is 24.9 Å². The highest BCUT2D eigenvalue weighted by molar-refractivity contribution is 5.86. The van der Waals surface area contributed by atoms with E-state index in [0.717, 1.165) is 12.3 Å². The van der Waals surface area contributed by atoms with Gasteiger partial charge in [-0.05, 0) is 51.3 Å². The molecule has 0 aromatic carbocycles. The predicted octanol–water partition coefficient (Wildman–Crippen LogP) is 5.23. The monoisotopic (exact) mass is 554 g/mol. The van der Waals surface area contributed by atoms with E-state index in [2.05, 4.69) is 15.3 Å². The van der Waals surface area contributed by atoms with Crippen LogP contribution in [0.1, 0.15) is 58.8 Å². The van der Waals surface area contributed by atoms with Crippen molar-refractivity contribution < 1.29 is 37.0 Å². The summed E-state index contributed by atoms with van der Waals surface area (Å²) in [5, 5.41) is 2.80. The van der Waals surface area contributed by atoms with Gasteiger partial charge in [0.2, 0.25) is 11.8 Å². The van der Waals surface area contributed by atoms with Gasteiger partial charge in [-0.1, -0.05) is 19.9 Å². The molecule has 0 spiro atoms. The molecule has 216 valence electrons. The highest BCUT2D eigenvalue weighted by Crippen LogP contribution is 2.30. The summed E-state index contributed by atoms with van der Waals surface area (Å²) in [7, 11) is 1.52. The number of nitrogens with one attached hydrogen (secondary N) is 1. The molecule has 39 heavy (non-hydrogen) atoms. The molecule has 0 aliphatic carbocycles. The molecule has 1 saturated heterocycles. The van der Waals surface area contributed by atoms with Crippen molar-refractivity contribution in [3.05, 3.63) is 41.9 Å². The van der Waals surface area contributed by atoms with Crippen LogP contribution in [-0.2, 0) is 27.0 Å². The Bertz CT molecular complexity index is 1090. The summed E-state index contributed by atoms with van der Waals surface area (Å²) >= 11 is 0. The fourth-order valence-corrected chi connectivity index (χ4v) is 3.73. The first-order valence-electron chi connectivity index (χ1n) is 12.8. The molecule has 0 bridgehead atoms. The van der Waals surface area contributed by atoms with E-state index in [4.69, 9.17) is 14.2 Å². The van der Waals surface area contributed by atoms with Crippen molar-refractivity contribution >= 4 is 12.0 Å². The van der Waals surface area contributed by atoms with Crippen LogP contribution in [0, 0.1) is 0 Å². The highest BCUT2D eigenvalue weighted by atomic mass is 19.4. The summed E-state index contributed by atoms with van der Waals surface area (Å²) in [5.41, 5.74) is -0.326. The zero-order valence-electron chi connectivity index (χ0n) is 23.2. The number of ether oxygens (including phenoxy) is 3. The van der Waals surface area contributed by atoms with Crippen molar-refractivity contribution in [3.63, 3.8) is 0 Å². The summed E-state index contributed by atoms with van der Waals surface area (Å²) in [5.74, 6) is -0.136. The molecule has 3 rings (SSSR count). The molecule has 9 nitrogen and oxygen atoms in total. The normalized spacial score (nSPS) is 15.3. The maximum atomic E-state index is 12.9. The van der Waals surface area contributed by atoms with Crippen LogP contribution in [0.2, 0.25) is 0 Å². The predicted molar refractivity (Wildman–Crippen MR) is 139 cm³/mol. The van der Waals surface area contributed by atoms with E-state index in [1.165, 1.54) is 18.1 Å². The number of carbonyl (C=O) groups excluding carboxylic acids is 2. The third kappa shape index (κ3) is 9.68. The Balaban J connectivity index is 0.00000260. The number of likely N-dealkylation sites (tertiary alicyclic amines) is 1. The lowest BCUT2D eigenvalue weighted by atomic mass is 10.1. The molecular weight excluding hydrogens is 517 g/mol. The quantitative estimate of drug-likeness (QED) is 0.446. The fraction of sp³-hybridized carbons (Fsp3) is 0.556. The third-order valence-electron chi connectivity index (χ3n) is 5.41. The first-order valence-corrected chi connectivity index (χ1v) is 12.8. The lowest BCUT2D eigenvalue weighted by molar-refractivity contribution is -0.141. The maximum absolute atomic E-state index is 12.9. The number of pyridine rings is 2. The van der Waals surface area contributed by atoms with Gasteiger partial charge in [-0.15, -0.1) is 0 Å². The Labute approximate surface area is 227 Å². The molecule has 0 unspecified atom stereocenters. The average molecular weight is 555 g/mol. The van der Waals surface area contributed by atoms with Crippen LogP contribution in [0.3, 0.4) is 0 Å². The molecule has 1 aliphatic rings. The second-order valence-corrected chi connectivity index (χ2v) is 9.51. The number of amides is 2. The van der Waals surface area contributed by atoms with E-state index in [9.17, 15) is 22.8 Å². The van der Waals surface area contributed by atoms with Gasteiger partial charge in [-0.2, -0.15) is 13.2 Å². The van der Waals surface area contributed by atoms with Crippen molar-refractivity contribution in [3.8, 4) is 17.0 Å². The maximum Gasteiger partial charge on any atom is 0.433 e. The smallest absolute Gasteiger partial charge is 0.433 e. The Morgan fingerprint density at radius 1 is 1.10 bits per heavy atom. The van der Waals surface area contributed by atoms with Gasteiger partial charge in [-0.3, -0.25) is 14.7 Å². The molecule has 3 heterocycles. The summed E-state index contributed by atoms with van der Waals surface area (Å²) < 4.78 is 54.7. The summed E-state index contributed by atoms with van der Waals surface area (Å²) in [6.07, 6.45) is -2.80. The van der Waals surface area contributed by atoms with E-state index >= 15 is 0 Å². The molecular formula is C27H37F3N4O5. The molecule has 12 heteroatoms. The number of rotatable bonds is 8. The Morgan fingerprint density at radius 2 is 1.82 bits per heavy atom. The topological polar surface area (TPSA) is 103 Å². The minimum Gasteiger partial charge on any atom is -0.475 e. The van der Waals surface area contributed by atoms with Crippen LogP contribution in [0.25, 0.3) is 11.1 Å². The second-order valence-electron chi connectivity index (χ2n) is 9.51. The summed E-state index contributed by atoms with van der Waals surface area (Å²) in [6.45, 7) is 10.2. The lowest BCUT2D eigenvalue weighted by Crippen LogP contribution is -2.47. The summed E-state index contributed by atoms with van der Waals surface area (Å²) in [6, 6.07) is 4.74. The van der Waals surface area contributed by atoms with Crippen molar-refractivity contribution in [2.75, 3.05) is 26.9 Å². The molecule has 0 saturated carbocycles. The lowest BCUT2D eigenvalue weighted by Gasteiger charge is -2.28. The van der Waals surface area contributed by atoms with Gasteiger partial charge in [0.15, 0.2) is 0 Å². The van der Waals surface area contributed by atoms with Crippen LogP contribution in [-0.4, -0.2) is 65.4 Å². The Morgan fingerprint density at radius 3 is 2.41 bits per heavy atom.